The van der Waals surface area contributed by atoms with Gasteiger partial charge >= 0.3 is 12.0 Å². The molecule has 0 saturated heterocycles. The maximum atomic E-state index is 11.3. The topological polar surface area (TPSA) is 67.4 Å². The molecular formula is C13H15ClN2O3. The molecule has 1 rings (SSSR count). The van der Waals surface area contributed by atoms with E-state index in [0.29, 0.717) is 5.02 Å². The molecule has 2 amide bonds. The quantitative estimate of drug-likeness (QED) is 0.814. The summed E-state index contributed by atoms with van der Waals surface area (Å²) in [6.07, 6.45) is 3.15. The summed E-state index contributed by atoms with van der Waals surface area (Å²) in [5.74, 6) is -0.475. The van der Waals surface area contributed by atoms with Crippen molar-refractivity contribution in [2.75, 3.05) is 13.2 Å². The van der Waals surface area contributed by atoms with Crippen LogP contribution in [-0.4, -0.2) is 25.2 Å². The van der Waals surface area contributed by atoms with Crippen molar-refractivity contribution in [1.29, 1.82) is 0 Å². The lowest BCUT2D eigenvalue weighted by molar-refractivity contribution is -0.141. The van der Waals surface area contributed by atoms with Crippen LogP contribution in [0, 0.1) is 0 Å². The van der Waals surface area contributed by atoms with Gasteiger partial charge in [0.2, 0.25) is 0 Å². The van der Waals surface area contributed by atoms with Crippen LogP contribution in [0.2, 0.25) is 5.02 Å². The van der Waals surface area contributed by atoms with Gasteiger partial charge in [0, 0.05) is 11.2 Å². The molecule has 0 aliphatic carbocycles. The summed E-state index contributed by atoms with van der Waals surface area (Å²) in [5, 5.41) is 5.45. The fraction of sp³-hybridized carbons (Fsp3) is 0.231. The van der Waals surface area contributed by atoms with Gasteiger partial charge < -0.3 is 15.4 Å². The van der Waals surface area contributed by atoms with E-state index in [4.69, 9.17) is 11.6 Å². The molecule has 19 heavy (non-hydrogen) atoms. The lowest BCUT2D eigenvalue weighted by Crippen LogP contribution is -2.36. The Hall–Kier alpha value is -2.01. The Morgan fingerprint density at radius 2 is 2.21 bits per heavy atom. The molecular weight excluding hydrogens is 268 g/mol. The van der Waals surface area contributed by atoms with Gasteiger partial charge in [0.25, 0.3) is 0 Å². The molecule has 2 N–H and O–H groups in total. The molecule has 0 unspecified atom stereocenters. The van der Waals surface area contributed by atoms with Gasteiger partial charge in [-0.05, 0) is 30.7 Å². The zero-order valence-electron chi connectivity index (χ0n) is 10.5. The Kier molecular flexibility index (Phi) is 6.46. The molecule has 1 aromatic rings. The summed E-state index contributed by atoms with van der Waals surface area (Å²) >= 11 is 5.82. The minimum Gasteiger partial charge on any atom is -0.465 e. The van der Waals surface area contributed by atoms with E-state index in [9.17, 15) is 9.59 Å². The van der Waals surface area contributed by atoms with Crippen LogP contribution in [0.3, 0.4) is 0 Å². The number of benzene rings is 1. The third-order valence-corrected chi connectivity index (χ3v) is 2.27. The summed E-state index contributed by atoms with van der Waals surface area (Å²) < 4.78 is 4.67. The van der Waals surface area contributed by atoms with E-state index in [1.807, 2.05) is 12.1 Å². The number of hydrogen-bond donors (Lipinski definition) is 2. The highest BCUT2D eigenvalue weighted by Crippen LogP contribution is 2.11. The number of urea groups is 1. The van der Waals surface area contributed by atoms with Crippen molar-refractivity contribution < 1.29 is 14.3 Å². The summed E-state index contributed by atoms with van der Waals surface area (Å²) in [6.45, 7) is 1.83. The van der Waals surface area contributed by atoms with Gasteiger partial charge in [-0.15, -0.1) is 0 Å². The molecule has 0 aromatic heterocycles. The van der Waals surface area contributed by atoms with E-state index in [0.717, 1.165) is 5.56 Å². The molecule has 0 heterocycles. The average Bonchev–Trinajstić information content (AvgIpc) is 2.37. The molecule has 0 fully saturated rings. The molecule has 0 spiro atoms. The second-order valence-corrected chi connectivity index (χ2v) is 3.96. The van der Waals surface area contributed by atoms with Crippen LogP contribution < -0.4 is 10.6 Å². The van der Waals surface area contributed by atoms with Gasteiger partial charge in [-0.25, -0.2) is 4.79 Å². The van der Waals surface area contributed by atoms with Crippen molar-refractivity contribution in [3.8, 4) is 0 Å². The Morgan fingerprint density at radius 1 is 1.42 bits per heavy atom. The molecule has 0 atom stereocenters. The van der Waals surface area contributed by atoms with Crippen molar-refractivity contribution in [2.24, 2.45) is 0 Å². The first kappa shape index (κ1) is 15.0. The van der Waals surface area contributed by atoms with Crippen LogP contribution in [0.25, 0.3) is 6.08 Å². The van der Waals surface area contributed by atoms with E-state index in [-0.39, 0.29) is 13.2 Å². The van der Waals surface area contributed by atoms with Crippen molar-refractivity contribution in [3.63, 3.8) is 0 Å². The number of hydrogen-bond acceptors (Lipinski definition) is 3. The molecule has 0 bridgehead atoms. The number of ether oxygens (including phenoxy) is 1. The van der Waals surface area contributed by atoms with E-state index < -0.39 is 12.0 Å². The number of carbonyl (C=O) groups excluding carboxylic acids is 2. The zero-order chi connectivity index (χ0) is 14.1. The van der Waals surface area contributed by atoms with Gasteiger partial charge in [0.1, 0.15) is 6.54 Å². The highest BCUT2D eigenvalue weighted by molar-refractivity contribution is 6.30. The van der Waals surface area contributed by atoms with Crippen LogP contribution in [-0.2, 0) is 9.53 Å². The maximum absolute atomic E-state index is 11.3. The number of carbonyl (C=O) groups is 2. The first-order valence-electron chi connectivity index (χ1n) is 5.74. The molecule has 102 valence electrons. The fourth-order valence-corrected chi connectivity index (χ4v) is 1.44. The van der Waals surface area contributed by atoms with Gasteiger partial charge in [-0.1, -0.05) is 23.7 Å². The maximum Gasteiger partial charge on any atom is 0.325 e. The Bertz CT molecular complexity index is 475. The predicted molar refractivity (Wildman–Crippen MR) is 73.7 cm³/mol. The van der Waals surface area contributed by atoms with Crippen LogP contribution in [0.15, 0.2) is 30.5 Å². The van der Waals surface area contributed by atoms with Crippen LogP contribution in [0.1, 0.15) is 12.5 Å². The number of nitrogens with one attached hydrogen (secondary N) is 2. The third-order valence-electron chi connectivity index (χ3n) is 2.04. The SMILES string of the molecule is CCOC(=O)CNC(=O)N/C=C/c1cccc(Cl)c1. The molecule has 6 heteroatoms. The van der Waals surface area contributed by atoms with Gasteiger partial charge in [-0.2, -0.15) is 0 Å². The lowest BCUT2D eigenvalue weighted by Gasteiger charge is -2.04. The predicted octanol–water partition coefficient (Wildman–Crippen LogP) is 2.17. The van der Waals surface area contributed by atoms with Crippen molar-refractivity contribution in [3.05, 3.63) is 41.1 Å². The summed E-state index contributed by atoms with van der Waals surface area (Å²) in [4.78, 5) is 22.3. The Morgan fingerprint density at radius 3 is 2.89 bits per heavy atom. The van der Waals surface area contributed by atoms with Crippen LogP contribution in [0.5, 0.6) is 0 Å². The molecule has 5 nitrogen and oxygen atoms in total. The molecule has 0 saturated carbocycles. The highest BCUT2D eigenvalue weighted by atomic mass is 35.5. The summed E-state index contributed by atoms with van der Waals surface area (Å²) in [5.41, 5.74) is 0.859. The second kappa shape index (κ2) is 8.16. The first-order valence-corrected chi connectivity index (χ1v) is 6.11. The first-order chi connectivity index (χ1) is 9.11. The summed E-state index contributed by atoms with van der Waals surface area (Å²) in [7, 11) is 0. The monoisotopic (exact) mass is 282 g/mol. The smallest absolute Gasteiger partial charge is 0.325 e. The van der Waals surface area contributed by atoms with Crippen LogP contribution in [0.4, 0.5) is 4.79 Å². The van der Waals surface area contributed by atoms with Gasteiger partial charge in [-0.3, -0.25) is 4.79 Å². The fourth-order valence-electron chi connectivity index (χ4n) is 1.24. The third kappa shape index (κ3) is 6.47. The van der Waals surface area contributed by atoms with Crippen LogP contribution >= 0.6 is 11.6 Å². The van der Waals surface area contributed by atoms with Crippen molar-refractivity contribution in [2.45, 2.75) is 6.92 Å². The molecule has 0 aliphatic rings. The van der Waals surface area contributed by atoms with Crippen molar-refractivity contribution in [1.82, 2.24) is 10.6 Å². The Balaban J connectivity index is 2.32. The normalized spacial score (nSPS) is 10.2. The van der Waals surface area contributed by atoms with Crippen molar-refractivity contribution >= 4 is 29.7 Å². The van der Waals surface area contributed by atoms with Gasteiger partial charge in [0.15, 0.2) is 0 Å². The summed E-state index contributed by atoms with van der Waals surface area (Å²) in [6, 6.07) is 6.70. The number of rotatable bonds is 5. The minimum atomic E-state index is -0.480. The Labute approximate surface area is 116 Å². The van der Waals surface area contributed by atoms with E-state index in [1.165, 1.54) is 6.20 Å². The number of esters is 1. The zero-order valence-corrected chi connectivity index (χ0v) is 11.2. The van der Waals surface area contributed by atoms with E-state index >= 15 is 0 Å². The molecule has 1 aromatic carbocycles. The second-order valence-electron chi connectivity index (χ2n) is 3.52. The highest BCUT2D eigenvalue weighted by Gasteiger charge is 2.03. The molecule has 0 aliphatic heterocycles. The number of amides is 2. The molecule has 0 radical (unpaired) electrons. The minimum absolute atomic E-state index is 0.162. The standard InChI is InChI=1S/C13H15ClN2O3/c1-2-19-12(17)9-16-13(18)15-7-6-10-4-3-5-11(14)8-10/h3-8H,2,9H2,1H3,(H2,15,16,18)/b7-6+. The average molecular weight is 283 g/mol. The van der Waals surface area contributed by atoms with E-state index in [2.05, 4.69) is 15.4 Å². The van der Waals surface area contributed by atoms with E-state index in [1.54, 1.807) is 25.1 Å². The number of halogens is 1. The lowest BCUT2D eigenvalue weighted by atomic mass is 10.2. The van der Waals surface area contributed by atoms with Gasteiger partial charge in [0.05, 0.1) is 6.61 Å². The largest absolute Gasteiger partial charge is 0.465 e.